The number of nitrogens with zero attached hydrogens (tertiary/aromatic N) is 2. The van der Waals surface area contributed by atoms with Crippen LogP contribution in [0, 0.1) is 11.3 Å². The molecule has 0 bridgehead atoms. The summed E-state index contributed by atoms with van der Waals surface area (Å²) in [5, 5.41) is 11.4. The van der Waals surface area contributed by atoms with Crippen LogP contribution in [0.4, 0.5) is 5.13 Å². The summed E-state index contributed by atoms with van der Waals surface area (Å²) in [7, 11) is 2.11. The zero-order valence-corrected chi connectivity index (χ0v) is 14.1. The molecule has 3 rings (SSSR count). The van der Waals surface area contributed by atoms with E-state index < -0.39 is 0 Å². The number of thiazole rings is 1. The summed E-state index contributed by atoms with van der Waals surface area (Å²) < 4.78 is 5.56. The van der Waals surface area contributed by atoms with Crippen LogP contribution in [0.1, 0.15) is 49.8 Å². The molecule has 1 fully saturated rings. The number of hydrogen-bond donors (Lipinski definition) is 1. The van der Waals surface area contributed by atoms with E-state index in [4.69, 9.17) is 9.72 Å². The topological polar surface area (TPSA) is 45.6 Å². The van der Waals surface area contributed by atoms with Gasteiger partial charge in [-0.25, -0.2) is 4.98 Å². The van der Waals surface area contributed by atoms with Crippen LogP contribution in [-0.2, 0) is 11.2 Å². The summed E-state index contributed by atoms with van der Waals surface area (Å²) >= 11 is 1.66. The highest BCUT2D eigenvalue weighted by molar-refractivity contribution is 7.15. The van der Waals surface area contributed by atoms with Crippen molar-refractivity contribution in [2.24, 2.45) is 11.3 Å². The number of aromatic nitrogens is 1. The molecule has 0 radical (unpaired) electrons. The first-order chi connectivity index (χ1) is 9.94. The molecule has 2 heterocycles. The summed E-state index contributed by atoms with van der Waals surface area (Å²) in [5.41, 5.74) is 1.25. The highest BCUT2D eigenvalue weighted by Gasteiger charge is 2.34. The van der Waals surface area contributed by atoms with E-state index in [0.717, 1.165) is 48.3 Å². The third-order valence-corrected chi connectivity index (χ3v) is 5.84. The third-order valence-electron chi connectivity index (χ3n) is 4.52. The summed E-state index contributed by atoms with van der Waals surface area (Å²) in [6, 6.07) is 0. The molecular formula is C16H26N2O2S. The molecule has 5 heteroatoms. The molecular weight excluding hydrogens is 284 g/mol. The van der Waals surface area contributed by atoms with E-state index in [-0.39, 0.29) is 11.5 Å². The number of rotatable bonds is 3. The van der Waals surface area contributed by atoms with E-state index in [1.54, 1.807) is 11.3 Å². The molecule has 21 heavy (non-hydrogen) atoms. The van der Waals surface area contributed by atoms with Crippen LogP contribution in [0.25, 0.3) is 0 Å². The minimum Gasteiger partial charge on any atom is -0.387 e. The van der Waals surface area contributed by atoms with E-state index in [2.05, 4.69) is 25.8 Å². The Kier molecular flexibility index (Phi) is 4.26. The molecule has 2 atom stereocenters. The van der Waals surface area contributed by atoms with Crippen LogP contribution in [0.2, 0.25) is 0 Å². The lowest BCUT2D eigenvalue weighted by Crippen LogP contribution is -2.30. The molecule has 4 nitrogen and oxygen atoms in total. The molecule has 1 aromatic rings. The van der Waals surface area contributed by atoms with Gasteiger partial charge < -0.3 is 14.7 Å². The van der Waals surface area contributed by atoms with E-state index in [0.29, 0.717) is 5.92 Å². The summed E-state index contributed by atoms with van der Waals surface area (Å²) in [6.07, 6.45) is 3.87. The van der Waals surface area contributed by atoms with Crippen molar-refractivity contribution in [1.82, 2.24) is 4.98 Å². The Morgan fingerprint density at radius 2 is 2.29 bits per heavy atom. The van der Waals surface area contributed by atoms with Gasteiger partial charge in [0.15, 0.2) is 5.13 Å². The third kappa shape index (κ3) is 3.41. The first kappa shape index (κ1) is 15.3. The fraction of sp³-hybridized carbons (Fsp3) is 0.812. The molecule has 0 amide bonds. The van der Waals surface area contributed by atoms with Crippen molar-refractivity contribution in [1.29, 1.82) is 0 Å². The lowest BCUT2D eigenvalue weighted by molar-refractivity contribution is 0.0576. The monoisotopic (exact) mass is 310 g/mol. The SMILES string of the molecule is CN(CC1CCCOC1)c1nc2c(s1)C(O)CC(C)(C)C2. The number of anilines is 1. The Morgan fingerprint density at radius 1 is 1.48 bits per heavy atom. The van der Waals surface area contributed by atoms with Crippen LogP contribution >= 0.6 is 11.3 Å². The van der Waals surface area contributed by atoms with E-state index >= 15 is 0 Å². The normalized spacial score (nSPS) is 28.2. The minimum absolute atomic E-state index is 0.146. The van der Waals surface area contributed by atoms with Gasteiger partial charge in [-0.3, -0.25) is 0 Å². The average Bonchev–Trinajstić information content (AvgIpc) is 2.82. The molecule has 0 aromatic carbocycles. The molecule has 2 unspecified atom stereocenters. The molecule has 0 spiro atoms. The van der Waals surface area contributed by atoms with Crippen molar-refractivity contribution in [2.45, 2.75) is 45.6 Å². The Labute approximate surface area is 131 Å². The van der Waals surface area contributed by atoms with Crippen molar-refractivity contribution < 1.29 is 9.84 Å². The number of fused-ring (bicyclic) bond motifs is 1. The molecule has 1 aliphatic carbocycles. The number of hydrogen-bond acceptors (Lipinski definition) is 5. The Balaban J connectivity index is 1.71. The maximum atomic E-state index is 10.3. The maximum absolute atomic E-state index is 10.3. The zero-order chi connectivity index (χ0) is 15.0. The first-order valence-corrected chi connectivity index (χ1v) is 8.73. The van der Waals surface area contributed by atoms with Gasteiger partial charge in [0.2, 0.25) is 0 Å². The van der Waals surface area contributed by atoms with Crippen molar-refractivity contribution in [3.05, 3.63) is 10.6 Å². The van der Waals surface area contributed by atoms with Gasteiger partial charge >= 0.3 is 0 Å². The predicted octanol–water partition coefficient (Wildman–Crippen LogP) is 3.01. The smallest absolute Gasteiger partial charge is 0.185 e. The number of ether oxygens (including phenoxy) is 1. The van der Waals surface area contributed by atoms with Gasteiger partial charge in [-0.05, 0) is 37.0 Å². The lowest BCUT2D eigenvalue weighted by atomic mass is 9.77. The van der Waals surface area contributed by atoms with Gasteiger partial charge in [0.25, 0.3) is 0 Å². The van der Waals surface area contributed by atoms with E-state index in [9.17, 15) is 5.11 Å². The molecule has 1 aromatic heterocycles. The van der Waals surface area contributed by atoms with Gasteiger partial charge in [0, 0.05) is 20.2 Å². The second-order valence-electron chi connectivity index (χ2n) is 7.33. The predicted molar refractivity (Wildman–Crippen MR) is 86.0 cm³/mol. The van der Waals surface area contributed by atoms with Crippen molar-refractivity contribution in [3.8, 4) is 0 Å². The number of aliphatic hydroxyl groups is 1. The van der Waals surface area contributed by atoms with Crippen LogP contribution in [-0.4, -0.2) is 36.9 Å². The molecule has 118 valence electrons. The molecule has 1 saturated heterocycles. The largest absolute Gasteiger partial charge is 0.387 e. The van der Waals surface area contributed by atoms with Gasteiger partial charge in [-0.15, -0.1) is 0 Å². The Bertz CT molecular complexity index is 494. The second-order valence-corrected chi connectivity index (χ2v) is 8.34. The molecule has 0 saturated carbocycles. The van der Waals surface area contributed by atoms with Crippen LogP contribution < -0.4 is 4.90 Å². The van der Waals surface area contributed by atoms with Crippen LogP contribution in [0.5, 0.6) is 0 Å². The zero-order valence-electron chi connectivity index (χ0n) is 13.3. The second kappa shape index (κ2) is 5.86. The maximum Gasteiger partial charge on any atom is 0.185 e. The van der Waals surface area contributed by atoms with Gasteiger partial charge in [0.1, 0.15) is 0 Å². The highest BCUT2D eigenvalue weighted by Crippen LogP contribution is 2.44. The van der Waals surface area contributed by atoms with Crippen molar-refractivity contribution in [3.63, 3.8) is 0 Å². The molecule has 1 N–H and O–H groups in total. The average molecular weight is 310 g/mol. The number of aliphatic hydroxyl groups excluding tert-OH is 1. The highest BCUT2D eigenvalue weighted by atomic mass is 32.1. The molecule has 1 aliphatic heterocycles. The summed E-state index contributed by atoms with van der Waals surface area (Å²) in [5.74, 6) is 0.603. The van der Waals surface area contributed by atoms with E-state index in [1.165, 1.54) is 12.8 Å². The lowest BCUT2D eigenvalue weighted by Gasteiger charge is -2.31. The summed E-state index contributed by atoms with van der Waals surface area (Å²) in [4.78, 5) is 8.12. The van der Waals surface area contributed by atoms with Gasteiger partial charge in [0.05, 0.1) is 23.3 Å². The molecule has 2 aliphatic rings. The van der Waals surface area contributed by atoms with Crippen molar-refractivity contribution >= 4 is 16.5 Å². The quantitative estimate of drug-likeness (QED) is 0.932. The van der Waals surface area contributed by atoms with E-state index in [1.807, 2.05) is 0 Å². The van der Waals surface area contributed by atoms with Gasteiger partial charge in [-0.2, -0.15) is 0 Å². The first-order valence-electron chi connectivity index (χ1n) is 7.91. The van der Waals surface area contributed by atoms with Gasteiger partial charge in [-0.1, -0.05) is 25.2 Å². The van der Waals surface area contributed by atoms with Crippen LogP contribution in [0.3, 0.4) is 0 Å². The Hall–Kier alpha value is -0.650. The fourth-order valence-electron chi connectivity index (χ4n) is 3.46. The summed E-state index contributed by atoms with van der Waals surface area (Å²) in [6.45, 7) is 7.19. The van der Waals surface area contributed by atoms with Crippen LogP contribution in [0.15, 0.2) is 0 Å². The minimum atomic E-state index is -0.346. The standard InChI is InChI=1S/C16H26N2O2S/c1-16(2)7-12-14(13(19)8-16)21-15(17-12)18(3)9-11-5-4-6-20-10-11/h11,13,19H,4-10H2,1-3H3. The Morgan fingerprint density at radius 3 is 3.00 bits per heavy atom. The van der Waals surface area contributed by atoms with Crippen molar-refractivity contribution in [2.75, 3.05) is 31.7 Å². The fourth-order valence-corrected chi connectivity index (χ4v) is 4.50.